The lowest BCUT2D eigenvalue weighted by Gasteiger charge is -2.26. The molecule has 0 bridgehead atoms. The lowest BCUT2D eigenvalue weighted by atomic mass is 10.0. The zero-order valence-corrected chi connectivity index (χ0v) is 20.9. The van der Waals surface area contributed by atoms with Crippen LogP contribution in [0, 0.1) is 5.92 Å². The summed E-state index contributed by atoms with van der Waals surface area (Å²) in [4.78, 5) is 64.7. The zero-order valence-electron chi connectivity index (χ0n) is 20.9. The van der Waals surface area contributed by atoms with Crippen molar-refractivity contribution in [3.05, 3.63) is 0 Å². The topological polar surface area (TPSA) is 278 Å². The predicted molar refractivity (Wildman–Crippen MR) is 131 cm³/mol. The molecule has 15 heteroatoms. The highest BCUT2D eigenvalue weighted by Crippen LogP contribution is 2.07. The zero-order chi connectivity index (χ0) is 28.0. The molecule has 36 heavy (non-hydrogen) atoms. The highest BCUT2D eigenvalue weighted by Gasteiger charge is 2.32. The molecule has 0 aliphatic carbocycles. The highest BCUT2D eigenvalue weighted by atomic mass is 16.4. The van der Waals surface area contributed by atoms with Crippen LogP contribution in [0.15, 0.2) is 4.99 Å². The Morgan fingerprint density at radius 1 is 0.861 bits per heavy atom. The molecule has 0 saturated heterocycles. The van der Waals surface area contributed by atoms with Crippen LogP contribution in [-0.4, -0.2) is 82.6 Å². The van der Waals surface area contributed by atoms with Crippen LogP contribution < -0.4 is 38.9 Å². The molecule has 0 saturated carbocycles. The minimum absolute atomic E-state index is 0.0817. The summed E-state index contributed by atoms with van der Waals surface area (Å²) >= 11 is 0. The van der Waals surface area contributed by atoms with Gasteiger partial charge in [-0.3, -0.25) is 24.2 Å². The molecular formula is C21H40N8O7. The van der Waals surface area contributed by atoms with Crippen LogP contribution in [-0.2, 0) is 24.0 Å². The SMILES string of the molecule is CC(C)CC(N)C(=O)NC(CCCN=C(N)N)C(=O)NC(CCC(N)=O)C(=O)NC(C(=O)O)C(C)O. The first-order valence-corrected chi connectivity index (χ1v) is 11.6. The first-order chi connectivity index (χ1) is 16.6. The second-order valence-electron chi connectivity index (χ2n) is 8.88. The van der Waals surface area contributed by atoms with Gasteiger partial charge < -0.3 is 49.1 Å². The Bertz CT molecular complexity index is 799. The number of nitrogens with two attached hydrogens (primary N) is 4. The fourth-order valence-corrected chi connectivity index (χ4v) is 3.14. The maximum atomic E-state index is 13.1. The van der Waals surface area contributed by atoms with E-state index < -0.39 is 59.9 Å². The van der Waals surface area contributed by atoms with Crippen molar-refractivity contribution >= 4 is 35.6 Å². The molecule has 0 aliphatic heterocycles. The summed E-state index contributed by atoms with van der Waals surface area (Å²) in [5, 5.41) is 25.9. The number of hydrogen-bond acceptors (Lipinski definition) is 8. The number of aliphatic hydroxyl groups is 1. The lowest BCUT2D eigenvalue weighted by molar-refractivity contribution is -0.145. The van der Waals surface area contributed by atoms with Crippen LogP contribution in [0.3, 0.4) is 0 Å². The molecule has 0 aliphatic rings. The number of aliphatic imine (C=N–C) groups is 1. The average Bonchev–Trinajstić information content (AvgIpc) is 2.75. The summed E-state index contributed by atoms with van der Waals surface area (Å²) in [7, 11) is 0. The first kappa shape index (κ1) is 32.5. The minimum atomic E-state index is -1.66. The van der Waals surface area contributed by atoms with Crippen molar-refractivity contribution in [2.24, 2.45) is 33.8 Å². The fourth-order valence-electron chi connectivity index (χ4n) is 3.14. The Labute approximate surface area is 209 Å². The molecule has 5 atom stereocenters. The second kappa shape index (κ2) is 16.3. The van der Waals surface area contributed by atoms with E-state index in [1.165, 1.54) is 6.92 Å². The van der Waals surface area contributed by atoms with E-state index in [1.54, 1.807) is 0 Å². The Hall–Kier alpha value is -3.46. The summed E-state index contributed by atoms with van der Waals surface area (Å²) in [6.45, 7) is 5.09. The summed E-state index contributed by atoms with van der Waals surface area (Å²) in [6.07, 6.45) is -1.25. The third-order valence-corrected chi connectivity index (χ3v) is 5.00. The molecule has 13 N–H and O–H groups in total. The van der Waals surface area contributed by atoms with Crippen LogP contribution in [0.4, 0.5) is 0 Å². The Kier molecular flexibility index (Phi) is 14.7. The fraction of sp³-hybridized carbons (Fsp3) is 0.714. The molecule has 4 amide bonds. The number of guanidine groups is 1. The van der Waals surface area contributed by atoms with Crippen molar-refractivity contribution in [1.82, 2.24) is 16.0 Å². The van der Waals surface area contributed by atoms with Gasteiger partial charge in [-0.2, -0.15) is 0 Å². The van der Waals surface area contributed by atoms with Crippen LogP contribution in [0.2, 0.25) is 0 Å². The molecule has 0 rings (SSSR count). The van der Waals surface area contributed by atoms with E-state index in [9.17, 15) is 34.2 Å². The van der Waals surface area contributed by atoms with Gasteiger partial charge in [-0.25, -0.2) is 4.79 Å². The van der Waals surface area contributed by atoms with Crippen molar-refractivity contribution in [2.45, 2.75) is 83.1 Å². The summed E-state index contributed by atoms with van der Waals surface area (Å²) < 4.78 is 0. The van der Waals surface area contributed by atoms with E-state index in [0.29, 0.717) is 6.42 Å². The predicted octanol–water partition coefficient (Wildman–Crippen LogP) is -3.40. The smallest absolute Gasteiger partial charge is 0.328 e. The average molecular weight is 517 g/mol. The minimum Gasteiger partial charge on any atom is -0.480 e. The molecule has 0 radical (unpaired) electrons. The van der Waals surface area contributed by atoms with E-state index in [-0.39, 0.29) is 44.1 Å². The summed E-state index contributed by atoms with van der Waals surface area (Å²) in [5.41, 5.74) is 21.7. The number of hydrogen-bond donors (Lipinski definition) is 9. The van der Waals surface area contributed by atoms with Crippen molar-refractivity contribution in [1.29, 1.82) is 0 Å². The maximum absolute atomic E-state index is 13.1. The largest absolute Gasteiger partial charge is 0.480 e. The maximum Gasteiger partial charge on any atom is 0.328 e. The Balaban J connectivity index is 5.67. The molecule has 0 fully saturated rings. The Morgan fingerprint density at radius 3 is 1.86 bits per heavy atom. The van der Waals surface area contributed by atoms with Crippen LogP contribution in [0.25, 0.3) is 0 Å². The first-order valence-electron chi connectivity index (χ1n) is 11.6. The quantitative estimate of drug-likeness (QED) is 0.0524. The number of nitrogens with zero attached hydrogens (tertiary/aromatic N) is 1. The van der Waals surface area contributed by atoms with Crippen LogP contribution >= 0.6 is 0 Å². The number of carboxylic acid groups (broad SMARTS) is 1. The number of rotatable bonds is 17. The van der Waals surface area contributed by atoms with Gasteiger partial charge in [0.05, 0.1) is 12.1 Å². The number of primary amides is 1. The van der Waals surface area contributed by atoms with Crippen molar-refractivity contribution in [3.63, 3.8) is 0 Å². The van der Waals surface area contributed by atoms with E-state index in [2.05, 4.69) is 20.9 Å². The third-order valence-electron chi connectivity index (χ3n) is 5.00. The number of aliphatic hydroxyl groups excluding tert-OH is 1. The van der Waals surface area contributed by atoms with Gasteiger partial charge >= 0.3 is 5.97 Å². The van der Waals surface area contributed by atoms with E-state index >= 15 is 0 Å². The normalized spacial score (nSPS) is 15.1. The van der Waals surface area contributed by atoms with Gasteiger partial charge in [-0.1, -0.05) is 13.8 Å². The van der Waals surface area contributed by atoms with Gasteiger partial charge in [-0.05, 0) is 38.5 Å². The second-order valence-corrected chi connectivity index (χ2v) is 8.88. The number of carbonyl (C=O) groups is 5. The molecule has 0 aromatic heterocycles. The van der Waals surface area contributed by atoms with Gasteiger partial charge in [-0.15, -0.1) is 0 Å². The molecule has 0 aromatic rings. The van der Waals surface area contributed by atoms with Gasteiger partial charge in [0, 0.05) is 13.0 Å². The summed E-state index contributed by atoms with van der Waals surface area (Å²) in [6, 6.07) is -5.06. The van der Waals surface area contributed by atoms with Gasteiger partial charge in [0.15, 0.2) is 12.0 Å². The number of carboxylic acids is 1. The molecule has 0 aromatic carbocycles. The van der Waals surface area contributed by atoms with Crippen LogP contribution in [0.5, 0.6) is 0 Å². The highest BCUT2D eigenvalue weighted by molar-refractivity contribution is 5.94. The number of carbonyl (C=O) groups excluding carboxylic acids is 4. The van der Waals surface area contributed by atoms with Crippen molar-refractivity contribution < 1.29 is 34.2 Å². The van der Waals surface area contributed by atoms with Crippen molar-refractivity contribution in [2.75, 3.05) is 6.54 Å². The molecule has 0 spiro atoms. The van der Waals surface area contributed by atoms with E-state index in [1.807, 2.05) is 13.8 Å². The lowest BCUT2D eigenvalue weighted by Crippen LogP contribution is -2.58. The molecular weight excluding hydrogens is 476 g/mol. The molecule has 0 heterocycles. The number of amides is 4. The van der Waals surface area contributed by atoms with Crippen LogP contribution in [0.1, 0.15) is 52.9 Å². The molecule has 206 valence electrons. The Morgan fingerprint density at radius 2 is 1.39 bits per heavy atom. The van der Waals surface area contributed by atoms with Gasteiger partial charge in [0.25, 0.3) is 0 Å². The third kappa shape index (κ3) is 13.4. The van der Waals surface area contributed by atoms with Gasteiger partial charge in [0.2, 0.25) is 23.6 Å². The summed E-state index contributed by atoms with van der Waals surface area (Å²) in [5.74, 6) is -4.59. The van der Waals surface area contributed by atoms with Gasteiger partial charge in [0.1, 0.15) is 12.1 Å². The van der Waals surface area contributed by atoms with Crippen molar-refractivity contribution in [3.8, 4) is 0 Å². The number of aliphatic carboxylic acids is 1. The molecule has 15 nitrogen and oxygen atoms in total. The standard InChI is InChI=1S/C21H40N8O7/c1-10(2)9-12(22)17(32)27-13(5-4-8-26-21(24)25)18(33)28-14(6-7-15(23)31)19(34)29-16(11(3)30)20(35)36/h10-14,16,30H,4-9,22H2,1-3H3,(H2,23,31)(H,27,32)(H,28,33)(H,29,34)(H,35,36)(H4,24,25,26). The molecule has 5 unspecified atom stereocenters. The number of nitrogens with one attached hydrogen (secondary N) is 3. The monoisotopic (exact) mass is 516 g/mol. The van der Waals surface area contributed by atoms with E-state index in [0.717, 1.165) is 0 Å². The van der Waals surface area contributed by atoms with E-state index in [4.69, 9.17) is 22.9 Å².